The van der Waals surface area contributed by atoms with E-state index in [1.165, 1.54) is 22.3 Å². The van der Waals surface area contributed by atoms with Crippen molar-refractivity contribution in [3.8, 4) is 5.69 Å². The summed E-state index contributed by atoms with van der Waals surface area (Å²) in [5.74, 6) is -0.118. The monoisotopic (exact) mass is 249 g/mol. The molecule has 1 N–H and O–H groups in total. The first-order chi connectivity index (χ1) is 8.33. The minimum Gasteiger partial charge on any atom is -0.351 e. The van der Waals surface area contributed by atoms with Crippen LogP contribution in [0.1, 0.15) is 16.1 Å². The normalized spacial score (nSPS) is 10.1. The van der Waals surface area contributed by atoms with Crippen molar-refractivity contribution in [3.05, 3.63) is 35.3 Å². The summed E-state index contributed by atoms with van der Waals surface area (Å²) < 4.78 is 1.47. The molecule has 2 aromatic heterocycles. The summed E-state index contributed by atoms with van der Waals surface area (Å²) in [5.41, 5.74) is 0.691. The van der Waals surface area contributed by atoms with Crippen LogP contribution in [0, 0.1) is 0 Å². The molecule has 88 valence electrons. The molecule has 0 aliphatic rings. The molecule has 0 fully saturated rings. The van der Waals surface area contributed by atoms with Gasteiger partial charge >= 0.3 is 0 Å². The van der Waals surface area contributed by atoms with Gasteiger partial charge in [0.1, 0.15) is 11.2 Å². The number of carbonyl (C=O) groups is 1. The summed E-state index contributed by atoms with van der Waals surface area (Å²) in [4.78, 5) is 12.5. The predicted molar refractivity (Wildman–Crippen MR) is 64.2 cm³/mol. The van der Waals surface area contributed by atoms with E-state index in [1.807, 2.05) is 11.4 Å². The number of hydrogen-bond donors (Lipinski definition) is 1. The van der Waals surface area contributed by atoms with Crippen LogP contribution >= 0.6 is 11.3 Å². The molecule has 17 heavy (non-hydrogen) atoms. The Morgan fingerprint density at radius 2 is 2.53 bits per heavy atom. The molecule has 2 aromatic rings. The lowest BCUT2D eigenvalue weighted by atomic mass is 10.3. The fourth-order valence-electron chi connectivity index (χ4n) is 1.29. The topological polar surface area (TPSA) is 72.7 Å². The van der Waals surface area contributed by atoms with Crippen molar-refractivity contribution in [1.29, 1.82) is 0 Å². The molecule has 0 aromatic carbocycles. The fourth-order valence-corrected chi connectivity index (χ4v) is 2.09. The second kappa shape index (κ2) is 5.35. The molecule has 0 saturated heterocycles. The standard InChI is InChI=1S/C10H11N5OS/c1-2-3-5-11-10(16)9-8(4-6-17-9)15-7-12-13-14-15/h2,4,6-7H,1,3,5H2,(H,11,16). The Morgan fingerprint density at radius 3 is 3.24 bits per heavy atom. The first kappa shape index (κ1) is 11.5. The van der Waals surface area contributed by atoms with Crippen LogP contribution in [0.4, 0.5) is 0 Å². The molecule has 7 heteroatoms. The number of tetrazole rings is 1. The number of nitrogens with zero attached hydrogens (tertiary/aromatic N) is 4. The summed E-state index contributed by atoms with van der Waals surface area (Å²) in [7, 11) is 0. The van der Waals surface area contributed by atoms with Crippen LogP contribution in [-0.4, -0.2) is 32.7 Å². The molecule has 2 rings (SSSR count). The molecule has 0 saturated carbocycles. The molecular weight excluding hydrogens is 238 g/mol. The molecule has 0 spiro atoms. The zero-order valence-corrected chi connectivity index (χ0v) is 9.85. The third kappa shape index (κ3) is 2.56. The number of amides is 1. The van der Waals surface area contributed by atoms with Crippen molar-refractivity contribution in [2.24, 2.45) is 0 Å². The van der Waals surface area contributed by atoms with Crippen molar-refractivity contribution in [2.45, 2.75) is 6.42 Å². The third-order valence-corrected chi connectivity index (χ3v) is 2.98. The molecular formula is C10H11N5OS. The van der Waals surface area contributed by atoms with Gasteiger partial charge in [0.05, 0.1) is 5.69 Å². The largest absolute Gasteiger partial charge is 0.351 e. The average Bonchev–Trinajstić information content (AvgIpc) is 2.99. The maximum Gasteiger partial charge on any atom is 0.263 e. The second-order valence-electron chi connectivity index (χ2n) is 3.22. The lowest BCUT2D eigenvalue weighted by molar-refractivity contribution is 0.0958. The number of rotatable bonds is 5. The minimum atomic E-state index is -0.118. The van der Waals surface area contributed by atoms with Crippen LogP contribution in [0.2, 0.25) is 0 Å². The summed E-state index contributed by atoms with van der Waals surface area (Å²) in [6, 6.07) is 1.81. The Balaban J connectivity index is 2.14. The van der Waals surface area contributed by atoms with Crippen LogP contribution in [0.25, 0.3) is 5.69 Å². The van der Waals surface area contributed by atoms with E-state index in [0.717, 1.165) is 6.42 Å². The van der Waals surface area contributed by atoms with E-state index in [0.29, 0.717) is 17.1 Å². The molecule has 0 radical (unpaired) electrons. The van der Waals surface area contributed by atoms with Crippen LogP contribution in [0.5, 0.6) is 0 Å². The average molecular weight is 249 g/mol. The van der Waals surface area contributed by atoms with Crippen LogP contribution < -0.4 is 5.32 Å². The van der Waals surface area contributed by atoms with Crippen molar-refractivity contribution < 1.29 is 4.79 Å². The molecule has 0 atom stereocenters. The van der Waals surface area contributed by atoms with Crippen LogP contribution in [-0.2, 0) is 0 Å². The molecule has 0 unspecified atom stereocenters. The van der Waals surface area contributed by atoms with Gasteiger partial charge in [-0.2, -0.15) is 4.68 Å². The van der Waals surface area contributed by atoms with E-state index in [-0.39, 0.29) is 5.91 Å². The predicted octanol–water partition coefficient (Wildman–Crippen LogP) is 1.03. The van der Waals surface area contributed by atoms with Gasteiger partial charge in [-0.1, -0.05) is 6.08 Å². The Kier molecular flexibility index (Phi) is 3.61. The number of nitrogens with one attached hydrogen (secondary N) is 1. The number of thiophene rings is 1. The van der Waals surface area contributed by atoms with Gasteiger partial charge in [-0.15, -0.1) is 23.0 Å². The van der Waals surface area contributed by atoms with Crippen molar-refractivity contribution in [1.82, 2.24) is 25.5 Å². The highest BCUT2D eigenvalue weighted by atomic mass is 32.1. The fraction of sp³-hybridized carbons (Fsp3) is 0.200. The van der Waals surface area contributed by atoms with E-state index in [9.17, 15) is 4.79 Å². The molecule has 6 nitrogen and oxygen atoms in total. The summed E-state index contributed by atoms with van der Waals surface area (Å²) in [6.45, 7) is 4.18. The Labute approximate surface area is 102 Å². The maximum atomic E-state index is 11.9. The quantitative estimate of drug-likeness (QED) is 0.634. The Hall–Kier alpha value is -2.02. The SMILES string of the molecule is C=CCCNC(=O)c1sccc1-n1cnnn1. The molecule has 2 heterocycles. The lowest BCUT2D eigenvalue weighted by Crippen LogP contribution is -2.24. The zero-order valence-electron chi connectivity index (χ0n) is 9.04. The third-order valence-electron chi connectivity index (χ3n) is 2.08. The van der Waals surface area contributed by atoms with Crippen LogP contribution in [0.3, 0.4) is 0 Å². The minimum absolute atomic E-state index is 0.118. The van der Waals surface area contributed by atoms with Gasteiger partial charge in [-0.25, -0.2) is 0 Å². The summed E-state index contributed by atoms with van der Waals surface area (Å²) in [5, 5.41) is 15.5. The molecule has 0 aliphatic heterocycles. The van der Waals surface area contributed by atoms with E-state index >= 15 is 0 Å². The molecule has 0 aliphatic carbocycles. The Morgan fingerprint density at radius 1 is 1.65 bits per heavy atom. The highest BCUT2D eigenvalue weighted by molar-refractivity contribution is 7.12. The van der Waals surface area contributed by atoms with E-state index in [2.05, 4.69) is 27.4 Å². The second-order valence-corrected chi connectivity index (χ2v) is 4.14. The maximum absolute atomic E-state index is 11.9. The van der Waals surface area contributed by atoms with E-state index < -0.39 is 0 Å². The highest BCUT2D eigenvalue weighted by Crippen LogP contribution is 2.19. The molecule has 1 amide bonds. The smallest absolute Gasteiger partial charge is 0.263 e. The first-order valence-electron chi connectivity index (χ1n) is 5.03. The zero-order chi connectivity index (χ0) is 12.1. The number of aromatic nitrogens is 4. The first-order valence-corrected chi connectivity index (χ1v) is 5.91. The summed E-state index contributed by atoms with van der Waals surface area (Å²) in [6.07, 6.45) is 3.97. The van der Waals surface area contributed by atoms with Crippen molar-refractivity contribution in [3.63, 3.8) is 0 Å². The van der Waals surface area contributed by atoms with Gasteiger partial charge in [0, 0.05) is 6.54 Å². The number of carbonyl (C=O) groups excluding carboxylic acids is 1. The number of hydrogen-bond acceptors (Lipinski definition) is 5. The summed E-state index contributed by atoms with van der Waals surface area (Å²) >= 11 is 1.36. The van der Waals surface area contributed by atoms with Crippen molar-refractivity contribution >= 4 is 17.2 Å². The highest BCUT2D eigenvalue weighted by Gasteiger charge is 2.14. The van der Waals surface area contributed by atoms with Crippen molar-refractivity contribution in [2.75, 3.05) is 6.54 Å². The van der Waals surface area contributed by atoms with Gasteiger partial charge in [0.25, 0.3) is 5.91 Å². The van der Waals surface area contributed by atoms with Gasteiger partial charge < -0.3 is 5.32 Å². The Bertz CT molecular complexity index is 505. The van der Waals surface area contributed by atoms with Crippen LogP contribution in [0.15, 0.2) is 30.4 Å². The van der Waals surface area contributed by atoms with Gasteiger partial charge in [-0.05, 0) is 28.3 Å². The molecule has 0 bridgehead atoms. The van der Waals surface area contributed by atoms with Gasteiger partial charge in [-0.3, -0.25) is 4.79 Å². The van der Waals surface area contributed by atoms with Gasteiger partial charge in [0.2, 0.25) is 0 Å². The lowest BCUT2D eigenvalue weighted by Gasteiger charge is -2.03. The van der Waals surface area contributed by atoms with E-state index in [1.54, 1.807) is 6.08 Å². The van der Waals surface area contributed by atoms with Gasteiger partial charge in [0.15, 0.2) is 0 Å². The van der Waals surface area contributed by atoms with E-state index in [4.69, 9.17) is 0 Å².